The van der Waals surface area contributed by atoms with Crippen LogP contribution in [0.4, 0.5) is 5.69 Å². The molecule has 2 N–H and O–H groups in total. The SMILES string of the molecule is CNCc1ccccc1NS(=O)(=O)CCC(C)C. The average molecular weight is 270 g/mol. The highest BCUT2D eigenvalue weighted by Gasteiger charge is 2.13. The molecule has 4 nitrogen and oxygen atoms in total. The standard InChI is InChI=1S/C13H22N2O2S/c1-11(2)8-9-18(16,17)15-13-7-5-4-6-12(13)10-14-3/h4-7,11,14-15H,8-10H2,1-3H3. The summed E-state index contributed by atoms with van der Waals surface area (Å²) in [6.07, 6.45) is 0.670. The van der Waals surface area contributed by atoms with Crippen molar-refractivity contribution in [3.8, 4) is 0 Å². The fraction of sp³-hybridized carbons (Fsp3) is 0.538. The van der Waals surface area contributed by atoms with Gasteiger partial charge in [-0.1, -0.05) is 32.0 Å². The number of anilines is 1. The van der Waals surface area contributed by atoms with E-state index in [1.807, 2.05) is 39.1 Å². The van der Waals surface area contributed by atoms with Crippen LogP contribution in [-0.4, -0.2) is 21.2 Å². The minimum atomic E-state index is -3.25. The van der Waals surface area contributed by atoms with Gasteiger partial charge in [0.2, 0.25) is 10.0 Å². The second-order valence-electron chi connectivity index (χ2n) is 4.79. The Kier molecular flexibility index (Phi) is 5.62. The molecule has 0 aliphatic carbocycles. The van der Waals surface area contributed by atoms with Crippen LogP contribution in [0.15, 0.2) is 24.3 Å². The lowest BCUT2D eigenvalue weighted by molar-refractivity contribution is 0.578. The molecular formula is C13H22N2O2S. The molecule has 5 heteroatoms. The number of sulfonamides is 1. The van der Waals surface area contributed by atoms with Gasteiger partial charge in [0.05, 0.1) is 11.4 Å². The first-order valence-electron chi connectivity index (χ1n) is 6.17. The van der Waals surface area contributed by atoms with Crippen molar-refractivity contribution in [3.63, 3.8) is 0 Å². The molecule has 0 atom stereocenters. The molecular weight excluding hydrogens is 248 g/mol. The van der Waals surface area contributed by atoms with Crippen molar-refractivity contribution in [2.75, 3.05) is 17.5 Å². The number of hydrogen-bond acceptors (Lipinski definition) is 3. The predicted molar refractivity (Wildman–Crippen MR) is 76.1 cm³/mol. The van der Waals surface area contributed by atoms with E-state index in [4.69, 9.17) is 0 Å². The molecule has 0 spiro atoms. The molecule has 0 heterocycles. The molecule has 1 aromatic rings. The fourth-order valence-corrected chi connectivity index (χ4v) is 2.99. The Morgan fingerprint density at radius 1 is 1.22 bits per heavy atom. The van der Waals surface area contributed by atoms with Gasteiger partial charge in [0.1, 0.15) is 0 Å². The lowest BCUT2D eigenvalue weighted by Gasteiger charge is -2.13. The Morgan fingerprint density at radius 2 is 1.89 bits per heavy atom. The zero-order valence-electron chi connectivity index (χ0n) is 11.2. The van der Waals surface area contributed by atoms with Gasteiger partial charge in [0.15, 0.2) is 0 Å². The van der Waals surface area contributed by atoms with Crippen molar-refractivity contribution >= 4 is 15.7 Å². The highest BCUT2D eigenvalue weighted by Crippen LogP contribution is 2.17. The molecule has 0 saturated heterocycles. The van der Waals surface area contributed by atoms with Gasteiger partial charge in [-0.15, -0.1) is 0 Å². The summed E-state index contributed by atoms with van der Waals surface area (Å²) >= 11 is 0. The number of hydrogen-bond donors (Lipinski definition) is 2. The van der Waals surface area contributed by atoms with Crippen LogP contribution in [0.2, 0.25) is 0 Å². The Morgan fingerprint density at radius 3 is 2.50 bits per heavy atom. The second-order valence-corrected chi connectivity index (χ2v) is 6.63. The van der Waals surface area contributed by atoms with Gasteiger partial charge >= 0.3 is 0 Å². The van der Waals surface area contributed by atoms with Gasteiger partial charge in [-0.25, -0.2) is 8.42 Å². The van der Waals surface area contributed by atoms with E-state index in [0.717, 1.165) is 5.56 Å². The second kappa shape index (κ2) is 6.75. The zero-order chi connectivity index (χ0) is 13.6. The first-order chi connectivity index (χ1) is 8.44. The minimum Gasteiger partial charge on any atom is -0.316 e. The molecule has 0 fully saturated rings. The summed E-state index contributed by atoms with van der Waals surface area (Å²) in [6.45, 7) is 4.68. The van der Waals surface area contributed by atoms with Crippen molar-refractivity contribution in [2.45, 2.75) is 26.8 Å². The van der Waals surface area contributed by atoms with Gasteiger partial charge in [0, 0.05) is 6.54 Å². The monoisotopic (exact) mass is 270 g/mol. The first kappa shape index (κ1) is 15.0. The lowest BCUT2D eigenvalue weighted by Crippen LogP contribution is -2.19. The third-order valence-electron chi connectivity index (χ3n) is 2.61. The molecule has 0 aromatic heterocycles. The predicted octanol–water partition coefficient (Wildman–Crippen LogP) is 2.19. The molecule has 0 aliphatic heterocycles. The molecule has 0 bridgehead atoms. The smallest absolute Gasteiger partial charge is 0.232 e. The van der Waals surface area contributed by atoms with Gasteiger partial charge in [0.25, 0.3) is 0 Å². The summed E-state index contributed by atoms with van der Waals surface area (Å²) in [5, 5.41) is 3.03. The van der Waals surface area contributed by atoms with Crippen LogP contribution in [0.1, 0.15) is 25.8 Å². The summed E-state index contributed by atoms with van der Waals surface area (Å²) in [6, 6.07) is 7.44. The highest BCUT2D eigenvalue weighted by molar-refractivity contribution is 7.92. The van der Waals surface area contributed by atoms with E-state index in [1.165, 1.54) is 0 Å². The van der Waals surface area contributed by atoms with Crippen molar-refractivity contribution in [3.05, 3.63) is 29.8 Å². The zero-order valence-corrected chi connectivity index (χ0v) is 12.0. The molecule has 0 saturated carbocycles. The summed E-state index contributed by atoms with van der Waals surface area (Å²) in [5.41, 5.74) is 1.61. The molecule has 0 amide bonds. The summed E-state index contributed by atoms with van der Waals surface area (Å²) in [5.74, 6) is 0.549. The van der Waals surface area contributed by atoms with E-state index in [-0.39, 0.29) is 5.75 Å². The van der Waals surface area contributed by atoms with Crippen LogP contribution in [0, 0.1) is 5.92 Å². The maximum absolute atomic E-state index is 11.9. The summed E-state index contributed by atoms with van der Waals surface area (Å²) < 4.78 is 26.5. The lowest BCUT2D eigenvalue weighted by atomic mass is 10.2. The minimum absolute atomic E-state index is 0.165. The maximum atomic E-state index is 11.9. The molecule has 0 aliphatic rings. The summed E-state index contributed by atoms with van der Waals surface area (Å²) in [7, 11) is -1.41. The Bertz CT molecular complexity index is 470. The fourth-order valence-electron chi connectivity index (χ4n) is 1.57. The van der Waals surface area contributed by atoms with Gasteiger partial charge < -0.3 is 5.32 Å². The Hall–Kier alpha value is -1.07. The highest BCUT2D eigenvalue weighted by atomic mass is 32.2. The van der Waals surface area contributed by atoms with E-state index < -0.39 is 10.0 Å². The van der Waals surface area contributed by atoms with Crippen LogP contribution in [0.25, 0.3) is 0 Å². The molecule has 102 valence electrons. The number of para-hydroxylation sites is 1. The Labute approximate surface area is 110 Å². The number of nitrogens with one attached hydrogen (secondary N) is 2. The van der Waals surface area contributed by atoms with Crippen molar-refractivity contribution in [2.24, 2.45) is 5.92 Å². The average Bonchev–Trinajstić information content (AvgIpc) is 2.29. The van der Waals surface area contributed by atoms with Crippen LogP contribution < -0.4 is 10.0 Å². The van der Waals surface area contributed by atoms with E-state index in [2.05, 4.69) is 10.0 Å². The first-order valence-corrected chi connectivity index (χ1v) is 7.83. The molecule has 0 unspecified atom stereocenters. The largest absolute Gasteiger partial charge is 0.316 e. The van der Waals surface area contributed by atoms with Gasteiger partial charge in [-0.3, -0.25) is 4.72 Å². The van der Waals surface area contributed by atoms with Gasteiger partial charge in [-0.05, 0) is 31.0 Å². The summed E-state index contributed by atoms with van der Waals surface area (Å²) in [4.78, 5) is 0. The van der Waals surface area contributed by atoms with Crippen molar-refractivity contribution < 1.29 is 8.42 Å². The van der Waals surface area contributed by atoms with E-state index in [1.54, 1.807) is 6.07 Å². The third kappa shape index (κ3) is 5.06. The molecule has 18 heavy (non-hydrogen) atoms. The molecule has 1 rings (SSSR count). The van der Waals surface area contributed by atoms with Crippen molar-refractivity contribution in [1.82, 2.24) is 5.32 Å². The van der Waals surface area contributed by atoms with E-state index >= 15 is 0 Å². The van der Waals surface area contributed by atoms with Crippen LogP contribution in [0.3, 0.4) is 0 Å². The normalized spacial score (nSPS) is 11.8. The van der Waals surface area contributed by atoms with E-state index in [9.17, 15) is 8.42 Å². The van der Waals surface area contributed by atoms with E-state index in [0.29, 0.717) is 24.6 Å². The van der Waals surface area contributed by atoms with Crippen LogP contribution >= 0.6 is 0 Å². The number of benzene rings is 1. The molecule has 0 radical (unpaired) electrons. The number of rotatable bonds is 7. The maximum Gasteiger partial charge on any atom is 0.232 e. The Balaban J connectivity index is 2.77. The quantitative estimate of drug-likeness (QED) is 0.798. The van der Waals surface area contributed by atoms with Crippen molar-refractivity contribution in [1.29, 1.82) is 0 Å². The van der Waals surface area contributed by atoms with Crippen LogP contribution in [-0.2, 0) is 16.6 Å². The topological polar surface area (TPSA) is 58.2 Å². The van der Waals surface area contributed by atoms with Gasteiger partial charge in [-0.2, -0.15) is 0 Å². The molecule has 1 aromatic carbocycles. The third-order valence-corrected chi connectivity index (χ3v) is 3.92. The van der Waals surface area contributed by atoms with Crippen LogP contribution in [0.5, 0.6) is 0 Å².